The number of benzene rings is 1. The van der Waals surface area contributed by atoms with Crippen LogP contribution in [-0.4, -0.2) is 46.4 Å². The first-order valence-electron chi connectivity index (χ1n) is 10.1. The number of alkyl halides is 3. The van der Waals surface area contributed by atoms with Gasteiger partial charge in [0.05, 0.1) is 24.3 Å². The highest BCUT2D eigenvalue weighted by Crippen LogP contribution is 2.41. The first-order chi connectivity index (χ1) is 15.3. The molecule has 4 N–H and O–H groups in total. The monoisotopic (exact) mass is 513 g/mol. The van der Waals surface area contributed by atoms with Crippen LogP contribution in [0.15, 0.2) is 18.2 Å². The van der Waals surface area contributed by atoms with Gasteiger partial charge >= 0.3 is 14.0 Å². The third kappa shape index (κ3) is 8.93. The summed E-state index contributed by atoms with van der Waals surface area (Å²) in [6.07, 6.45) is -2.52. The molecule has 2 rings (SSSR count). The smallest absolute Gasteiger partial charge is 0.469 e. The summed E-state index contributed by atoms with van der Waals surface area (Å²) in [7, 11) is -4.75. The average molecular weight is 513 g/mol. The number of aromatic nitrogens is 2. The van der Waals surface area contributed by atoms with Crippen LogP contribution < -0.4 is 10.5 Å². The first-order valence-corrected chi connectivity index (χ1v) is 12.4. The summed E-state index contributed by atoms with van der Waals surface area (Å²) in [6.45, 7) is 4.14. The highest BCUT2D eigenvalue weighted by molar-refractivity contribution is 7.46. The Morgan fingerprint density at radius 3 is 2.48 bits per heavy atom. The van der Waals surface area contributed by atoms with Gasteiger partial charge in [0.1, 0.15) is 15.8 Å². The van der Waals surface area contributed by atoms with Crippen molar-refractivity contribution in [2.24, 2.45) is 5.73 Å². The second-order valence-corrected chi connectivity index (χ2v) is 9.69. The predicted octanol–water partition coefficient (Wildman–Crippen LogP) is 4.09. The van der Waals surface area contributed by atoms with Gasteiger partial charge in [0.2, 0.25) is 0 Å². The summed E-state index contributed by atoms with van der Waals surface area (Å²) in [6, 6.07) is 3.58. The van der Waals surface area contributed by atoms with Crippen molar-refractivity contribution in [1.29, 1.82) is 0 Å². The number of hydrogen-bond acceptors (Lipinski definition) is 8. The number of nitrogens with zero attached hydrogens (tertiary/aromatic N) is 2. The summed E-state index contributed by atoms with van der Waals surface area (Å²) in [5.41, 5.74) is 3.79. The Kier molecular flexibility index (Phi) is 9.80. The van der Waals surface area contributed by atoms with Crippen LogP contribution in [0.3, 0.4) is 0 Å². The standard InChI is InChI=1S/C19H27F3N3O6PS/c1-3-8-29-9-4-5-10-30-15-7-6-13(11-14(15)19(20,21)22)16-24-25-17(33-16)18(2,23)12-31-32(26,27)28/h6-7,11H,3-5,8-10,12,23H2,1-2H3,(H2,26,27,28)/t18-/m0/s1. The Balaban J connectivity index is 2.13. The lowest BCUT2D eigenvalue weighted by atomic mass is 10.1. The Labute approximate surface area is 193 Å². The number of unbranched alkanes of at least 4 members (excludes halogenated alkanes) is 1. The van der Waals surface area contributed by atoms with Crippen LogP contribution in [0.5, 0.6) is 5.75 Å². The minimum Gasteiger partial charge on any atom is -0.493 e. The van der Waals surface area contributed by atoms with E-state index in [1.54, 1.807) is 0 Å². The molecule has 186 valence electrons. The minimum absolute atomic E-state index is 0.117. The van der Waals surface area contributed by atoms with Crippen LogP contribution in [0, 0.1) is 0 Å². The first kappa shape index (κ1) is 27.6. The van der Waals surface area contributed by atoms with E-state index in [4.69, 9.17) is 25.0 Å². The molecule has 1 heterocycles. The summed E-state index contributed by atoms with van der Waals surface area (Å²) < 4.78 is 66.9. The lowest BCUT2D eigenvalue weighted by Gasteiger charge is -2.21. The van der Waals surface area contributed by atoms with Gasteiger partial charge in [0.15, 0.2) is 0 Å². The van der Waals surface area contributed by atoms with Crippen molar-refractivity contribution < 1.29 is 41.5 Å². The Morgan fingerprint density at radius 1 is 1.15 bits per heavy atom. The molecule has 0 aliphatic heterocycles. The van der Waals surface area contributed by atoms with Crippen LogP contribution in [0.25, 0.3) is 10.6 Å². The predicted molar refractivity (Wildman–Crippen MR) is 116 cm³/mol. The normalized spacial score (nSPS) is 14.3. The van der Waals surface area contributed by atoms with E-state index < -0.39 is 31.7 Å². The zero-order valence-corrected chi connectivity index (χ0v) is 19.9. The molecule has 0 radical (unpaired) electrons. The summed E-state index contributed by atoms with van der Waals surface area (Å²) in [5, 5.41) is 8.03. The lowest BCUT2D eigenvalue weighted by molar-refractivity contribution is -0.138. The maximum absolute atomic E-state index is 13.6. The number of halogens is 3. The fourth-order valence-corrected chi connectivity index (χ4v) is 3.92. The van der Waals surface area contributed by atoms with Crippen molar-refractivity contribution in [2.45, 2.75) is 44.8 Å². The van der Waals surface area contributed by atoms with Gasteiger partial charge in [-0.05, 0) is 44.4 Å². The van der Waals surface area contributed by atoms with Crippen molar-refractivity contribution >= 4 is 19.2 Å². The van der Waals surface area contributed by atoms with E-state index in [0.717, 1.165) is 23.8 Å². The molecule has 0 spiro atoms. The van der Waals surface area contributed by atoms with Gasteiger partial charge in [-0.25, -0.2) is 4.57 Å². The highest BCUT2D eigenvalue weighted by atomic mass is 32.1. The molecular formula is C19H27F3N3O6PS. The Hall–Kier alpha value is -1.60. The van der Waals surface area contributed by atoms with E-state index in [1.807, 2.05) is 6.92 Å². The van der Waals surface area contributed by atoms with Gasteiger partial charge in [-0.15, -0.1) is 10.2 Å². The number of phosphoric ester groups is 1. The topological polar surface area (TPSA) is 137 Å². The highest BCUT2D eigenvalue weighted by Gasteiger charge is 2.35. The van der Waals surface area contributed by atoms with E-state index in [9.17, 15) is 17.7 Å². The molecule has 33 heavy (non-hydrogen) atoms. The van der Waals surface area contributed by atoms with Crippen LogP contribution in [0.1, 0.15) is 43.7 Å². The molecule has 2 aromatic rings. The molecule has 0 aliphatic carbocycles. The SMILES string of the molecule is CCCOCCCCOc1ccc(-c2nnc([C@@](C)(N)COP(=O)(O)O)s2)cc1C(F)(F)F. The van der Waals surface area contributed by atoms with E-state index in [1.165, 1.54) is 19.1 Å². The molecule has 1 aromatic carbocycles. The van der Waals surface area contributed by atoms with Gasteiger partial charge in [0.25, 0.3) is 0 Å². The van der Waals surface area contributed by atoms with Crippen LogP contribution in [0.2, 0.25) is 0 Å². The van der Waals surface area contributed by atoms with Gasteiger partial charge < -0.3 is 25.0 Å². The summed E-state index contributed by atoms with van der Waals surface area (Å²) >= 11 is 0.897. The molecule has 0 unspecified atom stereocenters. The molecule has 1 atom stereocenters. The second kappa shape index (κ2) is 11.7. The zero-order valence-electron chi connectivity index (χ0n) is 18.2. The summed E-state index contributed by atoms with van der Waals surface area (Å²) in [4.78, 5) is 17.7. The Bertz CT molecular complexity index is 951. The van der Waals surface area contributed by atoms with Gasteiger partial charge in [0, 0.05) is 18.8 Å². The van der Waals surface area contributed by atoms with Gasteiger partial charge in [-0.1, -0.05) is 18.3 Å². The van der Waals surface area contributed by atoms with Crippen LogP contribution in [0.4, 0.5) is 13.2 Å². The number of ether oxygens (including phenoxy) is 2. The molecule has 14 heteroatoms. The van der Waals surface area contributed by atoms with E-state index >= 15 is 0 Å². The maximum atomic E-state index is 13.6. The van der Waals surface area contributed by atoms with E-state index in [0.29, 0.717) is 26.1 Å². The van der Waals surface area contributed by atoms with E-state index in [-0.39, 0.29) is 27.9 Å². The molecule has 0 aliphatic rings. The number of nitrogens with two attached hydrogens (primary N) is 1. The lowest BCUT2D eigenvalue weighted by Crippen LogP contribution is -2.37. The molecule has 0 saturated heterocycles. The van der Waals surface area contributed by atoms with Crippen molar-refractivity contribution in [3.8, 4) is 16.3 Å². The third-order valence-electron chi connectivity index (χ3n) is 4.27. The van der Waals surface area contributed by atoms with Crippen LogP contribution in [-0.2, 0) is 25.5 Å². The number of phosphoric acid groups is 1. The molecular weight excluding hydrogens is 486 g/mol. The molecule has 0 saturated carbocycles. The van der Waals surface area contributed by atoms with Gasteiger partial charge in [-0.3, -0.25) is 4.52 Å². The molecule has 0 bridgehead atoms. The number of hydrogen-bond donors (Lipinski definition) is 3. The average Bonchev–Trinajstić information content (AvgIpc) is 3.22. The fourth-order valence-electron chi connectivity index (χ4n) is 2.60. The molecule has 1 aromatic heterocycles. The molecule has 9 nitrogen and oxygen atoms in total. The minimum atomic E-state index is -4.75. The third-order valence-corrected chi connectivity index (χ3v) is 5.98. The van der Waals surface area contributed by atoms with Crippen molar-refractivity contribution in [3.63, 3.8) is 0 Å². The molecule has 0 fully saturated rings. The van der Waals surface area contributed by atoms with Crippen molar-refractivity contribution in [2.75, 3.05) is 26.4 Å². The quantitative estimate of drug-likeness (QED) is 0.267. The number of rotatable bonds is 13. The Morgan fingerprint density at radius 2 is 1.85 bits per heavy atom. The maximum Gasteiger partial charge on any atom is 0.469 e. The summed E-state index contributed by atoms with van der Waals surface area (Å²) in [5.74, 6) is -0.288. The second-order valence-electron chi connectivity index (χ2n) is 7.47. The van der Waals surface area contributed by atoms with Crippen molar-refractivity contribution in [1.82, 2.24) is 10.2 Å². The molecule has 0 amide bonds. The van der Waals surface area contributed by atoms with Crippen LogP contribution >= 0.6 is 19.2 Å². The van der Waals surface area contributed by atoms with Gasteiger partial charge in [-0.2, -0.15) is 13.2 Å². The largest absolute Gasteiger partial charge is 0.493 e. The fraction of sp³-hybridized carbons (Fsp3) is 0.579. The van der Waals surface area contributed by atoms with E-state index in [2.05, 4.69) is 14.7 Å². The zero-order chi connectivity index (χ0) is 24.7. The van der Waals surface area contributed by atoms with Crippen molar-refractivity contribution in [3.05, 3.63) is 28.8 Å².